The molecule has 0 amide bonds. The van der Waals surface area contributed by atoms with E-state index >= 15 is 0 Å². The molecule has 0 radical (unpaired) electrons. The fourth-order valence-electron chi connectivity index (χ4n) is 3.15. The molecule has 1 atom stereocenters. The molecule has 7 nitrogen and oxygen atoms in total. The molecule has 1 aromatic heterocycles. The molecule has 2 heterocycles. The molecule has 0 aromatic carbocycles. The third-order valence-corrected chi connectivity index (χ3v) is 7.28. The van der Waals surface area contributed by atoms with E-state index in [2.05, 4.69) is 31.8 Å². The van der Waals surface area contributed by atoms with Gasteiger partial charge in [0.1, 0.15) is 4.21 Å². The number of likely N-dealkylation sites (tertiary alicyclic amines) is 1. The van der Waals surface area contributed by atoms with Crippen LogP contribution in [0.15, 0.2) is 26.7 Å². The number of thiophene rings is 1. The monoisotopic (exact) mass is 515 g/mol. The van der Waals surface area contributed by atoms with Crippen molar-refractivity contribution < 1.29 is 8.42 Å². The Balaban J connectivity index is 0.00000338. The maximum Gasteiger partial charge on any atom is 0.250 e. The lowest BCUT2D eigenvalue weighted by Gasteiger charge is -2.29. The highest BCUT2D eigenvalue weighted by atomic mass is 127. The SMILES string of the molecule is CCN1CCCC1CN(C)C(=NC)NCCNS(=O)(=O)c1cccs1.I. The molecule has 0 bridgehead atoms. The summed E-state index contributed by atoms with van der Waals surface area (Å²) in [5.74, 6) is 0.790. The Morgan fingerprint density at radius 1 is 1.46 bits per heavy atom. The van der Waals surface area contributed by atoms with Gasteiger partial charge in [-0.2, -0.15) is 0 Å². The van der Waals surface area contributed by atoms with Gasteiger partial charge >= 0.3 is 0 Å². The average molecular weight is 515 g/mol. The smallest absolute Gasteiger partial charge is 0.250 e. The van der Waals surface area contributed by atoms with E-state index in [4.69, 9.17) is 0 Å². The van der Waals surface area contributed by atoms with Crippen LogP contribution in [0.3, 0.4) is 0 Å². The number of rotatable bonds is 8. The van der Waals surface area contributed by atoms with Crippen molar-refractivity contribution in [3.8, 4) is 0 Å². The molecule has 0 saturated carbocycles. The van der Waals surface area contributed by atoms with Crippen molar-refractivity contribution in [3.05, 3.63) is 17.5 Å². The van der Waals surface area contributed by atoms with Gasteiger partial charge in [-0.15, -0.1) is 35.3 Å². The minimum atomic E-state index is -3.40. The lowest BCUT2D eigenvalue weighted by Crippen LogP contribution is -2.47. The summed E-state index contributed by atoms with van der Waals surface area (Å²) in [4.78, 5) is 8.92. The van der Waals surface area contributed by atoms with Gasteiger partial charge in [0.15, 0.2) is 5.96 Å². The van der Waals surface area contributed by atoms with Gasteiger partial charge < -0.3 is 10.2 Å². The van der Waals surface area contributed by atoms with E-state index in [0.717, 1.165) is 19.0 Å². The van der Waals surface area contributed by atoms with E-state index in [1.54, 1.807) is 24.6 Å². The van der Waals surface area contributed by atoms with Gasteiger partial charge in [-0.25, -0.2) is 13.1 Å². The first-order valence-electron chi connectivity index (χ1n) is 8.67. The summed E-state index contributed by atoms with van der Waals surface area (Å²) < 4.78 is 27.1. The first kappa shape index (κ1) is 23.6. The number of halogens is 1. The lowest BCUT2D eigenvalue weighted by atomic mass is 10.2. The lowest BCUT2D eigenvalue weighted by molar-refractivity contribution is 0.233. The molecular weight excluding hydrogens is 485 g/mol. The normalized spacial score (nSPS) is 18.6. The molecule has 26 heavy (non-hydrogen) atoms. The summed E-state index contributed by atoms with van der Waals surface area (Å²) in [5, 5.41) is 4.98. The molecule has 10 heteroatoms. The Morgan fingerprint density at radius 2 is 2.23 bits per heavy atom. The zero-order valence-electron chi connectivity index (χ0n) is 15.6. The molecule has 150 valence electrons. The van der Waals surface area contributed by atoms with Gasteiger partial charge in [-0.3, -0.25) is 9.89 Å². The molecule has 1 aliphatic rings. The molecule has 0 spiro atoms. The van der Waals surface area contributed by atoms with E-state index in [-0.39, 0.29) is 24.0 Å². The van der Waals surface area contributed by atoms with Crippen LogP contribution >= 0.6 is 35.3 Å². The van der Waals surface area contributed by atoms with Gasteiger partial charge in [0.2, 0.25) is 10.0 Å². The Morgan fingerprint density at radius 3 is 2.85 bits per heavy atom. The van der Waals surface area contributed by atoms with Crippen LogP contribution in [0, 0.1) is 0 Å². The van der Waals surface area contributed by atoms with Crippen LogP contribution in [0.1, 0.15) is 19.8 Å². The fraction of sp³-hybridized carbons (Fsp3) is 0.688. The highest BCUT2D eigenvalue weighted by Gasteiger charge is 2.24. The number of hydrogen-bond donors (Lipinski definition) is 2. The molecule has 0 aliphatic carbocycles. The molecule has 1 saturated heterocycles. The second-order valence-electron chi connectivity index (χ2n) is 6.11. The minimum Gasteiger partial charge on any atom is -0.355 e. The van der Waals surface area contributed by atoms with Crippen molar-refractivity contribution >= 4 is 51.3 Å². The number of aliphatic imine (C=N–C) groups is 1. The van der Waals surface area contributed by atoms with Gasteiger partial charge in [0.25, 0.3) is 0 Å². The third kappa shape index (κ3) is 6.63. The highest BCUT2D eigenvalue weighted by Crippen LogP contribution is 2.17. The van der Waals surface area contributed by atoms with E-state index in [1.807, 2.05) is 7.05 Å². The Bertz CT molecular complexity index is 652. The van der Waals surface area contributed by atoms with Crippen molar-refractivity contribution in [2.75, 3.05) is 46.8 Å². The highest BCUT2D eigenvalue weighted by molar-refractivity contribution is 14.0. The molecule has 1 aromatic rings. The minimum absolute atomic E-state index is 0. The maximum atomic E-state index is 12.1. The summed E-state index contributed by atoms with van der Waals surface area (Å²) in [6.45, 7) is 6.18. The van der Waals surface area contributed by atoms with E-state index in [9.17, 15) is 8.42 Å². The van der Waals surface area contributed by atoms with Crippen LogP contribution in [0.25, 0.3) is 0 Å². The van der Waals surface area contributed by atoms with Crippen molar-refractivity contribution in [3.63, 3.8) is 0 Å². The summed E-state index contributed by atoms with van der Waals surface area (Å²) in [7, 11) is 0.373. The molecule has 1 fully saturated rings. The number of hydrogen-bond acceptors (Lipinski definition) is 5. The molecule has 1 unspecified atom stereocenters. The predicted octanol–water partition coefficient (Wildman–Crippen LogP) is 1.64. The number of nitrogens with zero attached hydrogens (tertiary/aromatic N) is 3. The predicted molar refractivity (Wildman–Crippen MR) is 119 cm³/mol. The summed E-state index contributed by atoms with van der Waals surface area (Å²) in [5.41, 5.74) is 0. The zero-order chi connectivity index (χ0) is 18.3. The van der Waals surface area contributed by atoms with Crippen molar-refractivity contribution in [1.82, 2.24) is 19.8 Å². The number of likely N-dealkylation sites (N-methyl/N-ethyl adjacent to an activating group) is 2. The molecule has 2 N–H and O–H groups in total. The van der Waals surface area contributed by atoms with Crippen LogP contribution in [0.4, 0.5) is 0 Å². The quantitative estimate of drug-likeness (QED) is 0.238. The van der Waals surface area contributed by atoms with E-state index in [1.165, 1.54) is 30.7 Å². The first-order valence-corrected chi connectivity index (χ1v) is 11.0. The molecular formula is C16H30IN5O2S2. The Hall–Kier alpha value is -0.430. The molecule has 1 aliphatic heterocycles. The fourth-order valence-corrected chi connectivity index (χ4v) is 5.22. The maximum absolute atomic E-state index is 12.1. The van der Waals surface area contributed by atoms with Crippen LogP contribution in [-0.2, 0) is 10.0 Å². The Kier molecular flexibility index (Phi) is 10.4. The van der Waals surface area contributed by atoms with Crippen LogP contribution in [-0.4, -0.2) is 77.0 Å². The topological polar surface area (TPSA) is 77.0 Å². The second-order valence-corrected chi connectivity index (χ2v) is 9.05. The summed E-state index contributed by atoms with van der Waals surface area (Å²) in [6.07, 6.45) is 2.47. The largest absolute Gasteiger partial charge is 0.355 e. The first-order chi connectivity index (χ1) is 12.0. The van der Waals surface area contributed by atoms with Crippen LogP contribution in [0.2, 0.25) is 0 Å². The van der Waals surface area contributed by atoms with E-state index in [0.29, 0.717) is 23.3 Å². The van der Waals surface area contributed by atoms with Crippen molar-refractivity contribution in [2.45, 2.75) is 30.0 Å². The van der Waals surface area contributed by atoms with Gasteiger partial charge in [-0.05, 0) is 37.4 Å². The number of nitrogens with one attached hydrogen (secondary N) is 2. The molecule has 2 rings (SSSR count). The van der Waals surface area contributed by atoms with Gasteiger partial charge in [0.05, 0.1) is 0 Å². The van der Waals surface area contributed by atoms with Gasteiger partial charge in [-0.1, -0.05) is 13.0 Å². The van der Waals surface area contributed by atoms with Crippen LogP contribution in [0.5, 0.6) is 0 Å². The van der Waals surface area contributed by atoms with E-state index < -0.39 is 10.0 Å². The van der Waals surface area contributed by atoms with Crippen molar-refractivity contribution in [1.29, 1.82) is 0 Å². The standard InChI is InChI=1S/C16H29N5O2S2.HI/c1-4-21-11-5-7-14(21)13-20(3)16(17-2)18-9-10-19-25(22,23)15-8-6-12-24-15;/h6,8,12,14,19H,4-5,7,9-11,13H2,1-3H3,(H,17,18);1H. The third-order valence-electron chi connectivity index (χ3n) is 4.42. The Labute approximate surface area is 178 Å². The zero-order valence-corrected chi connectivity index (χ0v) is 19.6. The number of sulfonamides is 1. The van der Waals surface area contributed by atoms with Gasteiger partial charge in [0, 0.05) is 39.8 Å². The second kappa shape index (κ2) is 11.4. The van der Waals surface area contributed by atoms with Crippen molar-refractivity contribution in [2.24, 2.45) is 4.99 Å². The number of guanidine groups is 1. The average Bonchev–Trinajstić information content (AvgIpc) is 3.26. The van der Waals surface area contributed by atoms with Crippen LogP contribution < -0.4 is 10.0 Å². The summed E-state index contributed by atoms with van der Waals surface area (Å²) >= 11 is 1.22. The summed E-state index contributed by atoms with van der Waals surface area (Å²) in [6, 6.07) is 3.90.